The number of nitrogens with one attached hydrogen (secondary N) is 2. The lowest BCUT2D eigenvalue weighted by molar-refractivity contribution is 0.0962. The Hall–Kier alpha value is -2.22. The molecule has 2 fully saturated rings. The van der Waals surface area contributed by atoms with E-state index in [0.29, 0.717) is 44.4 Å². The molecule has 0 aromatic carbocycles. The highest BCUT2D eigenvalue weighted by atomic mass is 16.6. The number of aliphatic imine (C=N–C) groups is 1. The van der Waals surface area contributed by atoms with Crippen LogP contribution in [0.4, 0.5) is 4.79 Å². The maximum absolute atomic E-state index is 12.0. The standard InChI is InChI=1S/C23H39N5O3/c1-4-30-23(29)28-15-10-20(11-16-28)26-22(24-12-7-21-6-5-17-31-21)25-19-8-13-27(14-9-19)18(2)3/h5-6,17-20H,4,7-16H2,1-3H3,(H2,24,25,26). The van der Waals surface area contributed by atoms with Gasteiger partial charge in [-0.05, 0) is 58.6 Å². The number of hydrogen-bond donors (Lipinski definition) is 2. The molecule has 0 unspecified atom stereocenters. The number of amides is 1. The lowest BCUT2D eigenvalue weighted by Gasteiger charge is -2.36. The first-order valence-electron chi connectivity index (χ1n) is 11.8. The summed E-state index contributed by atoms with van der Waals surface area (Å²) < 4.78 is 10.6. The smallest absolute Gasteiger partial charge is 0.409 e. The number of likely N-dealkylation sites (tertiary alicyclic amines) is 2. The van der Waals surface area contributed by atoms with E-state index in [2.05, 4.69) is 29.4 Å². The van der Waals surface area contributed by atoms with Crippen LogP contribution in [0.3, 0.4) is 0 Å². The second-order valence-electron chi connectivity index (χ2n) is 8.71. The summed E-state index contributed by atoms with van der Waals surface area (Å²) in [5, 5.41) is 7.30. The normalized spacial score (nSPS) is 19.6. The average Bonchev–Trinajstić information content (AvgIpc) is 3.28. The monoisotopic (exact) mass is 433 g/mol. The van der Waals surface area contributed by atoms with Crippen LogP contribution >= 0.6 is 0 Å². The van der Waals surface area contributed by atoms with Crippen LogP contribution in [0.25, 0.3) is 0 Å². The van der Waals surface area contributed by atoms with Crippen molar-refractivity contribution >= 4 is 12.1 Å². The molecule has 2 aliphatic rings. The molecule has 2 saturated heterocycles. The average molecular weight is 434 g/mol. The van der Waals surface area contributed by atoms with Gasteiger partial charge in [0.05, 0.1) is 12.9 Å². The van der Waals surface area contributed by atoms with Crippen LogP contribution in [-0.4, -0.2) is 79.3 Å². The van der Waals surface area contributed by atoms with Crippen molar-refractivity contribution in [3.63, 3.8) is 0 Å². The van der Waals surface area contributed by atoms with Crippen LogP contribution in [0.1, 0.15) is 52.2 Å². The van der Waals surface area contributed by atoms with E-state index in [4.69, 9.17) is 14.1 Å². The van der Waals surface area contributed by atoms with Crippen molar-refractivity contribution in [3.05, 3.63) is 24.2 Å². The van der Waals surface area contributed by atoms with E-state index in [0.717, 1.165) is 56.9 Å². The molecule has 1 aromatic heterocycles. The maximum atomic E-state index is 12.0. The molecule has 174 valence electrons. The molecule has 2 N–H and O–H groups in total. The number of guanidine groups is 1. The summed E-state index contributed by atoms with van der Waals surface area (Å²) in [6.45, 7) is 11.1. The summed E-state index contributed by atoms with van der Waals surface area (Å²) >= 11 is 0. The van der Waals surface area contributed by atoms with Crippen LogP contribution < -0.4 is 10.6 Å². The molecular weight excluding hydrogens is 394 g/mol. The molecule has 2 aliphatic heterocycles. The molecule has 8 heteroatoms. The summed E-state index contributed by atoms with van der Waals surface area (Å²) in [5.74, 6) is 1.83. The molecule has 0 aliphatic carbocycles. The number of hydrogen-bond acceptors (Lipinski definition) is 5. The number of piperidine rings is 2. The van der Waals surface area contributed by atoms with Crippen LogP contribution in [-0.2, 0) is 11.2 Å². The second-order valence-corrected chi connectivity index (χ2v) is 8.71. The predicted molar refractivity (Wildman–Crippen MR) is 122 cm³/mol. The molecule has 0 spiro atoms. The fourth-order valence-corrected chi connectivity index (χ4v) is 4.23. The van der Waals surface area contributed by atoms with Crippen LogP contribution in [0, 0.1) is 0 Å². The molecule has 1 amide bonds. The Kier molecular flexibility index (Phi) is 9.06. The zero-order valence-electron chi connectivity index (χ0n) is 19.3. The van der Waals surface area contributed by atoms with Gasteiger partial charge in [0, 0.05) is 57.3 Å². The van der Waals surface area contributed by atoms with Crippen molar-refractivity contribution in [3.8, 4) is 0 Å². The van der Waals surface area contributed by atoms with Crippen LogP contribution in [0.2, 0.25) is 0 Å². The number of rotatable bonds is 7. The third kappa shape index (κ3) is 7.45. The zero-order chi connectivity index (χ0) is 22.1. The summed E-state index contributed by atoms with van der Waals surface area (Å²) in [6.07, 6.45) is 6.32. The van der Waals surface area contributed by atoms with Gasteiger partial charge in [-0.15, -0.1) is 0 Å². The Balaban J connectivity index is 1.52. The van der Waals surface area contributed by atoms with E-state index < -0.39 is 0 Å². The van der Waals surface area contributed by atoms with Gasteiger partial charge in [0.15, 0.2) is 5.96 Å². The Morgan fingerprint density at radius 2 is 1.81 bits per heavy atom. The van der Waals surface area contributed by atoms with Crippen molar-refractivity contribution in [1.82, 2.24) is 20.4 Å². The Morgan fingerprint density at radius 3 is 2.35 bits per heavy atom. The first-order valence-corrected chi connectivity index (χ1v) is 11.8. The van der Waals surface area contributed by atoms with Gasteiger partial charge in [-0.3, -0.25) is 4.99 Å². The van der Waals surface area contributed by atoms with Crippen molar-refractivity contribution < 1.29 is 13.9 Å². The maximum Gasteiger partial charge on any atom is 0.409 e. The van der Waals surface area contributed by atoms with E-state index in [1.54, 1.807) is 11.2 Å². The van der Waals surface area contributed by atoms with Gasteiger partial charge in [0.25, 0.3) is 0 Å². The van der Waals surface area contributed by atoms with Crippen LogP contribution in [0.5, 0.6) is 0 Å². The Labute approximate surface area is 186 Å². The largest absolute Gasteiger partial charge is 0.469 e. The highest BCUT2D eigenvalue weighted by molar-refractivity contribution is 5.80. The van der Waals surface area contributed by atoms with Gasteiger partial charge in [0.2, 0.25) is 0 Å². The quantitative estimate of drug-likeness (QED) is 0.508. The fourth-order valence-electron chi connectivity index (χ4n) is 4.23. The lowest BCUT2D eigenvalue weighted by atomic mass is 10.0. The minimum absolute atomic E-state index is 0.205. The Morgan fingerprint density at radius 1 is 1.16 bits per heavy atom. The fraction of sp³-hybridized carbons (Fsp3) is 0.739. The van der Waals surface area contributed by atoms with E-state index in [1.165, 1.54) is 0 Å². The number of ether oxygens (including phenoxy) is 1. The van der Waals surface area contributed by atoms with E-state index >= 15 is 0 Å². The number of carbonyl (C=O) groups excluding carboxylic acids is 1. The lowest BCUT2D eigenvalue weighted by Crippen LogP contribution is -2.54. The van der Waals surface area contributed by atoms with Gasteiger partial charge in [-0.25, -0.2) is 4.79 Å². The van der Waals surface area contributed by atoms with Gasteiger partial charge >= 0.3 is 6.09 Å². The van der Waals surface area contributed by atoms with E-state index in [1.807, 2.05) is 19.1 Å². The van der Waals surface area contributed by atoms with Crippen molar-refractivity contribution in [2.75, 3.05) is 39.3 Å². The molecule has 0 bridgehead atoms. The topological polar surface area (TPSA) is 82.3 Å². The first kappa shape index (κ1) is 23.4. The van der Waals surface area contributed by atoms with Gasteiger partial charge < -0.3 is 29.6 Å². The molecule has 31 heavy (non-hydrogen) atoms. The number of furan rings is 1. The molecule has 3 heterocycles. The molecule has 8 nitrogen and oxygen atoms in total. The van der Waals surface area contributed by atoms with Gasteiger partial charge in [-0.1, -0.05) is 0 Å². The summed E-state index contributed by atoms with van der Waals surface area (Å²) in [6, 6.07) is 5.24. The number of nitrogens with zero attached hydrogens (tertiary/aromatic N) is 3. The summed E-state index contributed by atoms with van der Waals surface area (Å²) in [5.41, 5.74) is 0. The summed E-state index contributed by atoms with van der Waals surface area (Å²) in [4.78, 5) is 21.1. The van der Waals surface area contributed by atoms with Crippen molar-refractivity contribution in [2.45, 2.75) is 71.0 Å². The van der Waals surface area contributed by atoms with E-state index in [-0.39, 0.29) is 6.09 Å². The molecule has 0 atom stereocenters. The van der Waals surface area contributed by atoms with E-state index in [9.17, 15) is 4.79 Å². The molecule has 3 rings (SSSR count). The minimum atomic E-state index is -0.205. The first-order chi connectivity index (χ1) is 15.0. The second kappa shape index (κ2) is 12.0. The highest BCUT2D eigenvalue weighted by Crippen LogP contribution is 2.14. The predicted octanol–water partition coefficient (Wildman–Crippen LogP) is 2.85. The molecular formula is C23H39N5O3. The highest BCUT2D eigenvalue weighted by Gasteiger charge is 2.26. The SMILES string of the molecule is CCOC(=O)N1CCC(NC(=NCCc2ccco2)NC2CCN(C(C)C)CC2)CC1. The zero-order valence-corrected chi connectivity index (χ0v) is 19.3. The molecule has 0 saturated carbocycles. The third-order valence-electron chi connectivity index (χ3n) is 6.17. The van der Waals surface area contributed by atoms with Crippen molar-refractivity contribution in [1.29, 1.82) is 0 Å². The molecule has 1 aromatic rings. The number of carbonyl (C=O) groups is 1. The van der Waals surface area contributed by atoms with Crippen LogP contribution in [0.15, 0.2) is 27.8 Å². The third-order valence-corrected chi connectivity index (χ3v) is 6.17. The van der Waals surface area contributed by atoms with Gasteiger partial charge in [-0.2, -0.15) is 0 Å². The van der Waals surface area contributed by atoms with Gasteiger partial charge in [0.1, 0.15) is 5.76 Å². The molecule has 0 radical (unpaired) electrons. The van der Waals surface area contributed by atoms with Crippen molar-refractivity contribution in [2.24, 2.45) is 4.99 Å². The Bertz CT molecular complexity index is 675. The summed E-state index contributed by atoms with van der Waals surface area (Å²) in [7, 11) is 0. The minimum Gasteiger partial charge on any atom is -0.469 e.